The van der Waals surface area contributed by atoms with Crippen LogP contribution in [0, 0.1) is 11.3 Å². The molecule has 0 spiro atoms. The normalized spacial score (nSPS) is 27.9. The molecule has 4 aliphatic heterocycles. The van der Waals surface area contributed by atoms with Gasteiger partial charge in [-0.15, -0.1) is 0 Å². The summed E-state index contributed by atoms with van der Waals surface area (Å²) in [6.45, 7) is 7.76. The highest BCUT2D eigenvalue weighted by Crippen LogP contribution is 2.44. The van der Waals surface area contributed by atoms with Crippen LogP contribution in [0.5, 0.6) is 5.75 Å². The fourth-order valence-corrected chi connectivity index (χ4v) is 5.70. The Labute approximate surface area is 199 Å². The maximum atomic E-state index is 12.9. The summed E-state index contributed by atoms with van der Waals surface area (Å²) >= 11 is 12.4. The lowest BCUT2D eigenvalue weighted by Gasteiger charge is -2.44. The zero-order valence-corrected chi connectivity index (χ0v) is 19.9. The second-order valence-electron chi connectivity index (χ2n) is 9.85. The van der Waals surface area contributed by atoms with Crippen molar-refractivity contribution >= 4 is 29.3 Å². The van der Waals surface area contributed by atoms with Crippen LogP contribution in [0.3, 0.4) is 0 Å². The van der Waals surface area contributed by atoms with Gasteiger partial charge in [-0.25, -0.2) is 4.79 Å². The fraction of sp³-hybridized carbons (Fsp3) is 0.480. The molecule has 1 N–H and O–H groups in total. The molecule has 7 heteroatoms. The van der Waals surface area contributed by atoms with Gasteiger partial charge in [0.25, 0.3) is 0 Å². The number of ether oxygens (including phenoxy) is 2. The molecule has 2 aromatic rings. The van der Waals surface area contributed by atoms with Crippen LogP contribution in [0.25, 0.3) is 11.1 Å². The van der Waals surface area contributed by atoms with Crippen molar-refractivity contribution < 1.29 is 14.3 Å². The molecule has 5 nitrogen and oxygen atoms in total. The largest absolute Gasteiger partial charge is 0.493 e. The van der Waals surface area contributed by atoms with Crippen LogP contribution in [0.1, 0.15) is 38.3 Å². The number of alkyl carbamates (subject to hydrolysis) is 1. The second-order valence-corrected chi connectivity index (χ2v) is 10.7. The molecule has 2 aromatic carbocycles. The van der Waals surface area contributed by atoms with E-state index in [-0.39, 0.29) is 23.7 Å². The molecular formula is C25H28Cl2N2O3. The highest BCUT2D eigenvalue weighted by atomic mass is 35.5. The predicted octanol–water partition coefficient (Wildman–Crippen LogP) is 5.94. The van der Waals surface area contributed by atoms with Crippen molar-refractivity contribution in [2.45, 2.75) is 38.8 Å². The molecule has 0 aromatic heterocycles. The molecule has 0 saturated carbocycles. The van der Waals surface area contributed by atoms with Crippen LogP contribution >= 0.6 is 23.2 Å². The summed E-state index contributed by atoms with van der Waals surface area (Å²) in [6.07, 6.45) is 1.86. The highest BCUT2D eigenvalue weighted by Gasteiger charge is 2.41. The van der Waals surface area contributed by atoms with Crippen LogP contribution in [-0.4, -0.2) is 43.3 Å². The first kappa shape index (κ1) is 21.9. The van der Waals surface area contributed by atoms with Crippen LogP contribution in [0.4, 0.5) is 4.79 Å². The van der Waals surface area contributed by atoms with Gasteiger partial charge in [0.1, 0.15) is 11.9 Å². The average Bonchev–Trinajstić information content (AvgIpc) is 2.75. The number of carbonyl (C=O) groups excluding carboxylic acids is 1. The van der Waals surface area contributed by atoms with E-state index in [1.54, 1.807) is 6.07 Å². The third kappa shape index (κ3) is 4.30. The summed E-state index contributed by atoms with van der Waals surface area (Å²) in [6, 6.07) is 11.3. The van der Waals surface area contributed by atoms with Crippen molar-refractivity contribution in [2.75, 3.05) is 26.2 Å². The van der Waals surface area contributed by atoms with Gasteiger partial charge in [0.15, 0.2) is 0 Å². The Morgan fingerprint density at radius 2 is 1.81 bits per heavy atom. The monoisotopic (exact) mass is 474 g/mol. The minimum atomic E-state index is -0.347. The number of nitrogens with zero attached hydrogens (tertiary/aromatic N) is 1. The number of rotatable bonds is 3. The molecule has 2 bridgehead atoms. The van der Waals surface area contributed by atoms with E-state index in [0.717, 1.165) is 54.9 Å². The SMILES string of the molecule is CC1(C)COc2cc(-c3cc(Cl)cc(Cl)c3)ccc2C1NC(=O)O[C@@H]1CN2CCC1CC2. The van der Waals surface area contributed by atoms with Gasteiger partial charge in [-0.05, 0) is 67.2 Å². The molecule has 2 atom stereocenters. The Balaban J connectivity index is 1.36. The summed E-state index contributed by atoms with van der Waals surface area (Å²) < 4.78 is 12.0. The van der Waals surface area contributed by atoms with Crippen molar-refractivity contribution in [1.82, 2.24) is 10.2 Å². The van der Waals surface area contributed by atoms with E-state index in [1.807, 2.05) is 30.3 Å². The van der Waals surface area contributed by atoms with Crippen LogP contribution in [0.15, 0.2) is 36.4 Å². The molecule has 1 unspecified atom stereocenters. The van der Waals surface area contributed by atoms with Gasteiger partial charge in [-0.1, -0.05) is 49.2 Å². The van der Waals surface area contributed by atoms with Crippen molar-refractivity contribution in [3.63, 3.8) is 0 Å². The van der Waals surface area contributed by atoms with E-state index < -0.39 is 0 Å². The molecule has 1 amide bonds. The maximum absolute atomic E-state index is 12.9. The fourth-order valence-electron chi connectivity index (χ4n) is 5.17. The molecule has 4 aliphatic rings. The Morgan fingerprint density at radius 3 is 2.47 bits per heavy atom. The summed E-state index contributed by atoms with van der Waals surface area (Å²) in [5.74, 6) is 1.24. The number of amides is 1. The molecule has 4 heterocycles. The second kappa shape index (κ2) is 8.44. The van der Waals surface area contributed by atoms with E-state index in [1.165, 1.54) is 0 Å². The number of carbonyl (C=O) groups is 1. The molecule has 3 fully saturated rings. The predicted molar refractivity (Wildman–Crippen MR) is 126 cm³/mol. The topological polar surface area (TPSA) is 50.8 Å². The molecule has 0 aliphatic carbocycles. The maximum Gasteiger partial charge on any atom is 0.407 e. The first-order valence-electron chi connectivity index (χ1n) is 11.2. The van der Waals surface area contributed by atoms with E-state index in [2.05, 4.69) is 24.1 Å². The summed E-state index contributed by atoms with van der Waals surface area (Å²) in [5.41, 5.74) is 2.55. The van der Waals surface area contributed by atoms with Gasteiger partial charge in [0.2, 0.25) is 0 Å². The van der Waals surface area contributed by atoms with Gasteiger partial charge in [0.05, 0.1) is 12.6 Å². The Hall–Kier alpha value is -1.95. The number of fused-ring (bicyclic) bond motifs is 4. The van der Waals surface area contributed by atoms with E-state index in [9.17, 15) is 4.79 Å². The zero-order valence-electron chi connectivity index (χ0n) is 18.4. The smallest absolute Gasteiger partial charge is 0.407 e. The minimum Gasteiger partial charge on any atom is -0.493 e. The van der Waals surface area contributed by atoms with Crippen molar-refractivity contribution in [1.29, 1.82) is 0 Å². The summed E-state index contributed by atoms with van der Waals surface area (Å²) in [7, 11) is 0. The third-order valence-corrected chi connectivity index (χ3v) is 7.45. The van der Waals surface area contributed by atoms with Gasteiger partial charge >= 0.3 is 6.09 Å². The number of piperidine rings is 3. The first-order chi connectivity index (χ1) is 15.3. The van der Waals surface area contributed by atoms with E-state index in [4.69, 9.17) is 32.7 Å². The zero-order chi connectivity index (χ0) is 22.5. The van der Waals surface area contributed by atoms with Crippen molar-refractivity contribution in [3.05, 3.63) is 52.0 Å². The molecule has 0 radical (unpaired) electrons. The van der Waals surface area contributed by atoms with Crippen LogP contribution < -0.4 is 10.1 Å². The first-order valence-corrected chi connectivity index (χ1v) is 12.0. The highest BCUT2D eigenvalue weighted by molar-refractivity contribution is 6.35. The Kier molecular flexibility index (Phi) is 5.77. The molecule has 170 valence electrons. The van der Waals surface area contributed by atoms with Crippen LogP contribution in [-0.2, 0) is 4.74 Å². The standard InChI is InChI=1S/C25H28Cl2N2O3/c1-25(2)14-31-21-11-16(17-9-18(26)12-19(27)10-17)3-4-20(21)23(25)28-24(30)32-22-13-29-7-5-15(22)6-8-29/h3-4,9-12,15,22-23H,5-8,13-14H2,1-2H3,(H,28,30)/t22-,23?/m1/s1. The number of hydrogen-bond acceptors (Lipinski definition) is 4. The number of nitrogens with one attached hydrogen (secondary N) is 1. The van der Waals surface area contributed by atoms with Gasteiger partial charge in [0, 0.05) is 27.6 Å². The van der Waals surface area contributed by atoms with Crippen LogP contribution in [0.2, 0.25) is 10.0 Å². The quantitative estimate of drug-likeness (QED) is 0.597. The molecular weight excluding hydrogens is 447 g/mol. The molecule has 3 saturated heterocycles. The number of hydrogen-bond donors (Lipinski definition) is 1. The number of halogens is 2. The Bertz CT molecular complexity index is 1010. The summed E-state index contributed by atoms with van der Waals surface area (Å²) in [4.78, 5) is 15.3. The van der Waals surface area contributed by atoms with Crippen molar-refractivity contribution in [3.8, 4) is 16.9 Å². The Morgan fingerprint density at radius 1 is 1.09 bits per heavy atom. The van der Waals surface area contributed by atoms with E-state index in [0.29, 0.717) is 22.6 Å². The average molecular weight is 475 g/mol. The lowest BCUT2D eigenvalue weighted by Crippen LogP contribution is -2.53. The molecule has 32 heavy (non-hydrogen) atoms. The van der Waals surface area contributed by atoms with E-state index >= 15 is 0 Å². The lowest BCUT2D eigenvalue weighted by atomic mass is 9.78. The van der Waals surface area contributed by atoms with Gasteiger partial charge < -0.3 is 14.8 Å². The lowest BCUT2D eigenvalue weighted by molar-refractivity contribution is -0.0361. The molecule has 6 rings (SSSR count). The van der Waals surface area contributed by atoms with Gasteiger partial charge in [-0.3, -0.25) is 4.90 Å². The third-order valence-electron chi connectivity index (χ3n) is 7.02. The summed E-state index contributed by atoms with van der Waals surface area (Å²) in [5, 5.41) is 4.32. The minimum absolute atomic E-state index is 0.0186. The number of benzene rings is 2. The van der Waals surface area contributed by atoms with Gasteiger partial charge in [-0.2, -0.15) is 0 Å². The van der Waals surface area contributed by atoms with Crippen molar-refractivity contribution in [2.24, 2.45) is 11.3 Å².